The average molecular weight is 421 g/mol. The number of nitrogens with zero attached hydrogens (tertiary/aromatic N) is 3. The van der Waals surface area contributed by atoms with Crippen molar-refractivity contribution >= 4 is 39.1 Å². The normalized spacial score (nSPS) is 16.5. The minimum absolute atomic E-state index is 0.0961. The molecule has 1 atom stereocenters. The molecular formula is C17H17BrN4O4. The first kappa shape index (κ1) is 18.1. The van der Waals surface area contributed by atoms with Gasteiger partial charge in [-0.3, -0.25) is 9.59 Å². The molecule has 0 bridgehead atoms. The Morgan fingerprint density at radius 3 is 2.85 bits per heavy atom. The van der Waals surface area contributed by atoms with Crippen molar-refractivity contribution in [1.29, 1.82) is 0 Å². The van der Waals surface area contributed by atoms with E-state index in [2.05, 4.69) is 31.2 Å². The number of benzene rings is 1. The minimum Gasteiger partial charge on any atom is -0.479 e. The Balaban J connectivity index is 1.72. The summed E-state index contributed by atoms with van der Waals surface area (Å²) in [6, 6.07) is 7.54. The van der Waals surface area contributed by atoms with Gasteiger partial charge < -0.3 is 19.7 Å². The van der Waals surface area contributed by atoms with Gasteiger partial charge in [0.05, 0.1) is 26.3 Å². The van der Waals surface area contributed by atoms with Crippen LogP contribution in [-0.4, -0.2) is 42.5 Å². The van der Waals surface area contributed by atoms with Gasteiger partial charge >= 0.3 is 6.01 Å². The summed E-state index contributed by atoms with van der Waals surface area (Å²) in [6.45, 7) is 0.306. The lowest BCUT2D eigenvalue weighted by Gasteiger charge is -2.17. The Bertz CT molecular complexity index is 845. The van der Waals surface area contributed by atoms with E-state index in [4.69, 9.17) is 9.47 Å². The molecule has 1 unspecified atom stereocenters. The van der Waals surface area contributed by atoms with E-state index in [0.29, 0.717) is 12.2 Å². The van der Waals surface area contributed by atoms with Crippen molar-refractivity contribution in [3.8, 4) is 11.9 Å². The minimum atomic E-state index is -0.478. The summed E-state index contributed by atoms with van der Waals surface area (Å²) in [5, 5.41) is 2.73. The van der Waals surface area contributed by atoms with Crippen LogP contribution in [0, 0.1) is 5.92 Å². The van der Waals surface area contributed by atoms with Gasteiger partial charge in [0, 0.05) is 23.1 Å². The third kappa shape index (κ3) is 3.77. The molecule has 136 valence electrons. The number of aromatic nitrogens is 2. The van der Waals surface area contributed by atoms with Crippen molar-refractivity contribution in [3.63, 3.8) is 0 Å². The second-order valence-corrected chi connectivity index (χ2v) is 6.57. The number of rotatable bonds is 5. The smallest absolute Gasteiger partial charge is 0.319 e. The van der Waals surface area contributed by atoms with Crippen molar-refractivity contribution in [1.82, 2.24) is 9.97 Å². The summed E-state index contributed by atoms with van der Waals surface area (Å²) in [5.74, 6) is -0.671. The van der Waals surface area contributed by atoms with Crippen LogP contribution in [0.15, 0.2) is 34.9 Å². The molecule has 0 aliphatic carbocycles. The zero-order chi connectivity index (χ0) is 18.7. The lowest BCUT2D eigenvalue weighted by atomic mass is 10.1. The predicted octanol–water partition coefficient (Wildman–Crippen LogP) is 2.25. The van der Waals surface area contributed by atoms with Crippen LogP contribution in [0.1, 0.15) is 6.42 Å². The van der Waals surface area contributed by atoms with Crippen LogP contribution in [0.4, 0.5) is 11.4 Å². The van der Waals surface area contributed by atoms with Crippen LogP contribution in [0.25, 0.3) is 0 Å². The van der Waals surface area contributed by atoms with E-state index in [1.807, 2.05) is 24.3 Å². The van der Waals surface area contributed by atoms with Gasteiger partial charge in [0.15, 0.2) is 0 Å². The Labute approximate surface area is 158 Å². The maximum Gasteiger partial charge on any atom is 0.319 e. The highest BCUT2D eigenvalue weighted by atomic mass is 79.9. The highest BCUT2D eigenvalue weighted by molar-refractivity contribution is 9.10. The monoisotopic (exact) mass is 420 g/mol. The molecule has 0 saturated carbocycles. The second kappa shape index (κ2) is 7.69. The van der Waals surface area contributed by atoms with Crippen LogP contribution in [0.2, 0.25) is 0 Å². The summed E-state index contributed by atoms with van der Waals surface area (Å²) in [6.07, 6.45) is 1.54. The highest BCUT2D eigenvalue weighted by Crippen LogP contribution is 2.29. The van der Waals surface area contributed by atoms with E-state index in [1.54, 1.807) is 4.90 Å². The van der Waals surface area contributed by atoms with Crippen molar-refractivity contribution in [2.75, 3.05) is 31.0 Å². The summed E-state index contributed by atoms with van der Waals surface area (Å²) >= 11 is 3.39. The zero-order valence-corrected chi connectivity index (χ0v) is 15.8. The molecule has 1 aromatic carbocycles. The first-order valence-corrected chi connectivity index (χ1v) is 8.63. The lowest BCUT2D eigenvalue weighted by molar-refractivity contribution is -0.122. The van der Waals surface area contributed by atoms with Gasteiger partial charge in [0.25, 0.3) is 0 Å². The maximum atomic E-state index is 12.6. The SMILES string of the molecule is COc1ncc(NC(=O)C2CC(=O)N(c3cccc(Br)c3)C2)c(OC)n1. The number of halogens is 1. The first-order chi connectivity index (χ1) is 12.5. The molecule has 1 aliphatic rings. The van der Waals surface area contributed by atoms with Crippen LogP contribution < -0.4 is 19.7 Å². The number of amides is 2. The summed E-state index contributed by atoms with van der Waals surface area (Å²) in [5.41, 5.74) is 1.08. The fourth-order valence-corrected chi connectivity index (χ4v) is 3.09. The molecule has 1 saturated heterocycles. The van der Waals surface area contributed by atoms with Gasteiger partial charge in [-0.25, -0.2) is 4.98 Å². The molecule has 2 heterocycles. The fourth-order valence-electron chi connectivity index (χ4n) is 2.70. The Hall–Kier alpha value is -2.68. The zero-order valence-electron chi connectivity index (χ0n) is 14.2. The van der Waals surface area contributed by atoms with Crippen LogP contribution >= 0.6 is 15.9 Å². The largest absolute Gasteiger partial charge is 0.479 e. The standard InChI is InChI=1S/C17H17BrN4O4/c1-25-16-13(8-19-17(21-16)26-2)20-15(24)10-6-14(23)22(9-10)12-5-3-4-11(18)7-12/h3-5,7-8,10H,6,9H2,1-2H3,(H,20,24). The fraction of sp³-hybridized carbons (Fsp3) is 0.294. The van der Waals surface area contributed by atoms with E-state index in [1.165, 1.54) is 20.4 Å². The average Bonchev–Trinajstić information content (AvgIpc) is 3.04. The lowest BCUT2D eigenvalue weighted by Crippen LogP contribution is -2.28. The van der Waals surface area contributed by atoms with E-state index < -0.39 is 5.92 Å². The quantitative estimate of drug-likeness (QED) is 0.796. The van der Waals surface area contributed by atoms with Crippen LogP contribution in [-0.2, 0) is 9.59 Å². The van der Waals surface area contributed by atoms with Gasteiger partial charge in [0.2, 0.25) is 17.7 Å². The second-order valence-electron chi connectivity index (χ2n) is 5.65. The predicted molar refractivity (Wildman–Crippen MR) is 98.4 cm³/mol. The van der Waals surface area contributed by atoms with Gasteiger partial charge in [0.1, 0.15) is 5.69 Å². The third-order valence-electron chi connectivity index (χ3n) is 3.98. The molecule has 0 radical (unpaired) electrons. The number of nitrogens with one attached hydrogen (secondary N) is 1. The van der Waals surface area contributed by atoms with Gasteiger partial charge in [-0.2, -0.15) is 4.98 Å². The van der Waals surface area contributed by atoms with E-state index in [0.717, 1.165) is 10.2 Å². The number of ether oxygens (including phenoxy) is 2. The highest BCUT2D eigenvalue weighted by Gasteiger charge is 2.35. The van der Waals surface area contributed by atoms with Crippen molar-refractivity contribution in [2.24, 2.45) is 5.92 Å². The van der Waals surface area contributed by atoms with E-state index in [9.17, 15) is 9.59 Å². The number of carbonyl (C=O) groups is 2. The first-order valence-electron chi connectivity index (χ1n) is 7.83. The number of carbonyl (C=O) groups excluding carboxylic acids is 2. The Morgan fingerprint density at radius 2 is 2.15 bits per heavy atom. The molecule has 1 aliphatic heterocycles. The van der Waals surface area contributed by atoms with Crippen LogP contribution in [0.5, 0.6) is 11.9 Å². The molecule has 8 nitrogen and oxygen atoms in total. The summed E-state index contributed by atoms with van der Waals surface area (Å²) in [4.78, 5) is 34.5. The van der Waals surface area contributed by atoms with Gasteiger partial charge in [-0.15, -0.1) is 0 Å². The Morgan fingerprint density at radius 1 is 1.35 bits per heavy atom. The molecule has 26 heavy (non-hydrogen) atoms. The number of anilines is 2. The number of hydrogen-bond donors (Lipinski definition) is 1. The van der Waals surface area contributed by atoms with E-state index in [-0.39, 0.29) is 30.1 Å². The number of hydrogen-bond acceptors (Lipinski definition) is 6. The van der Waals surface area contributed by atoms with Crippen molar-refractivity contribution in [3.05, 3.63) is 34.9 Å². The Kier molecular flexibility index (Phi) is 5.36. The third-order valence-corrected chi connectivity index (χ3v) is 4.47. The molecule has 2 aromatic rings. The summed E-state index contributed by atoms with van der Waals surface area (Å²) in [7, 11) is 2.87. The molecule has 3 rings (SSSR count). The summed E-state index contributed by atoms with van der Waals surface area (Å²) < 4.78 is 11.0. The van der Waals surface area contributed by atoms with Crippen molar-refractivity contribution < 1.29 is 19.1 Å². The molecule has 0 spiro atoms. The van der Waals surface area contributed by atoms with Crippen LogP contribution in [0.3, 0.4) is 0 Å². The molecule has 1 fully saturated rings. The van der Waals surface area contributed by atoms with Gasteiger partial charge in [-0.1, -0.05) is 22.0 Å². The number of methoxy groups -OCH3 is 2. The molecule has 9 heteroatoms. The molecule has 1 aromatic heterocycles. The molecular weight excluding hydrogens is 404 g/mol. The topological polar surface area (TPSA) is 93.6 Å². The molecule has 1 N–H and O–H groups in total. The maximum absolute atomic E-state index is 12.6. The van der Waals surface area contributed by atoms with E-state index >= 15 is 0 Å². The molecule has 2 amide bonds. The van der Waals surface area contributed by atoms with Crippen molar-refractivity contribution in [2.45, 2.75) is 6.42 Å². The van der Waals surface area contributed by atoms with Gasteiger partial charge in [-0.05, 0) is 18.2 Å².